The zero-order valence-electron chi connectivity index (χ0n) is 25.5. The molecule has 6 rings (SSSR count). The number of hydrogen-bond acceptors (Lipinski definition) is 7. The topological polar surface area (TPSA) is 96.7 Å². The van der Waals surface area contributed by atoms with Crippen molar-refractivity contribution < 1.29 is 14.6 Å². The zero-order chi connectivity index (χ0) is 29.5. The van der Waals surface area contributed by atoms with E-state index in [2.05, 4.69) is 24.2 Å². The van der Waals surface area contributed by atoms with Gasteiger partial charge in [-0.05, 0) is 90.5 Å². The summed E-state index contributed by atoms with van der Waals surface area (Å²) < 4.78 is 8.48. The van der Waals surface area contributed by atoms with Crippen LogP contribution in [0.2, 0.25) is 0 Å². The van der Waals surface area contributed by atoms with Crippen LogP contribution in [0.5, 0.6) is 0 Å². The molecule has 2 saturated carbocycles. The molecule has 8 nitrogen and oxygen atoms in total. The lowest BCUT2D eigenvalue weighted by Crippen LogP contribution is -2.57. The largest absolute Gasteiger partial charge is 0.481 e. The van der Waals surface area contributed by atoms with E-state index in [1.54, 1.807) is 0 Å². The van der Waals surface area contributed by atoms with Crippen LogP contribution in [0.3, 0.4) is 0 Å². The van der Waals surface area contributed by atoms with E-state index in [4.69, 9.17) is 21.3 Å². The summed E-state index contributed by atoms with van der Waals surface area (Å²) in [5.74, 6) is 1.07. The average molecular weight is 621 g/mol. The van der Waals surface area contributed by atoms with Gasteiger partial charge >= 0.3 is 5.97 Å². The molecule has 2 aliphatic heterocycles. The maximum absolute atomic E-state index is 13.8. The van der Waals surface area contributed by atoms with Crippen molar-refractivity contribution in [3.63, 3.8) is 0 Å². The van der Waals surface area contributed by atoms with Gasteiger partial charge in [-0.25, -0.2) is 4.98 Å². The number of thioether (sulfide) groups is 1. The fourth-order valence-corrected chi connectivity index (χ4v) is 11.1. The van der Waals surface area contributed by atoms with Gasteiger partial charge in [-0.2, -0.15) is 11.8 Å². The van der Waals surface area contributed by atoms with Gasteiger partial charge in [-0.1, -0.05) is 12.8 Å². The highest BCUT2D eigenvalue weighted by Crippen LogP contribution is 2.48. The molecular formula is C32H49ClN4O4S. The summed E-state index contributed by atoms with van der Waals surface area (Å²) >= 11 is 8.56. The van der Waals surface area contributed by atoms with Crippen molar-refractivity contribution in [3.8, 4) is 0 Å². The molecule has 10 heteroatoms. The highest BCUT2D eigenvalue weighted by Gasteiger charge is 2.51. The molecule has 0 aromatic carbocycles. The summed E-state index contributed by atoms with van der Waals surface area (Å²) in [6, 6.07) is 1.33. The van der Waals surface area contributed by atoms with Gasteiger partial charge in [0.05, 0.1) is 30.9 Å². The third-order valence-electron chi connectivity index (χ3n) is 11.2. The number of aliphatic carboxylic acids is 1. The number of piperidine rings is 1. The Morgan fingerprint density at radius 3 is 2.71 bits per heavy atom. The molecule has 9 atom stereocenters. The number of alkyl halides is 1. The monoisotopic (exact) mass is 620 g/mol. The summed E-state index contributed by atoms with van der Waals surface area (Å²) in [7, 11) is 2.25. The van der Waals surface area contributed by atoms with E-state index in [0.29, 0.717) is 42.8 Å². The molecule has 2 saturated heterocycles. The van der Waals surface area contributed by atoms with Crippen LogP contribution >= 0.6 is 23.4 Å². The number of carbonyl (C=O) groups is 1. The smallest absolute Gasteiger partial charge is 0.308 e. The first-order valence-electron chi connectivity index (χ1n) is 16.4. The minimum atomic E-state index is -0.696. The van der Waals surface area contributed by atoms with E-state index in [9.17, 15) is 14.7 Å². The molecule has 0 bridgehead atoms. The maximum atomic E-state index is 13.8. The number of halogens is 1. The van der Waals surface area contributed by atoms with Crippen molar-refractivity contribution in [1.82, 2.24) is 19.8 Å². The van der Waals surface area contributed by atoms with Gasteiger partial charge in [0.2, 0.25) is 0 Å². The Kier molecular flexibility index (Phi) is 9.61. The zero-order valence-corrected chi connectivity index (χ0v) is 27.0. The molecule has 0 amide bonds. The number of carboxylic acid groups (broad SMARTS) is 1. The fraction of sp³-hybridized carbons (Fsp3) is 0.844. The molecule has 3 aliphatic carbocycles. The van der Waals surface area contributed by atoms with Crippen LogP contribution in [-0.4, -0.2) is 85.8 Å². The second kappa shape index (κ2) is 13.1. The standard InChI is InChI=1S/C32H49ClN4O4S/c1-18-14-24(30-29(34-18)26(17-42-30)32(39)40)23-15-20(33)8-11-28(23)41-13-12-37-19(2)35-27-10-9-22(16-25(27)31(37)38)36(3)21-6-4-5-7-21/h18,20-24,26,28-30,34H,4-17H2,1-3H3,(H,39,40). The minimum absolute atomic E-state index is 0.00284. The number of nitrogens with one attached hydrogen (secondary N) is 1. The number of ether oxygens (including phenoxy) is 1. The number of rotatable bonds is 8. The lowest BCUT2D eigenvalue weighted by molar-refractivity contribution is -0.142. The second-order valence-electron chi connectivity index (χ2n) is 13.8. The van der Waals surface area contributed by atoms with E-state index in [1.165, 1.54) is 25.7 Å². The Morgan fingerprint density at radius 2 is 1.95 bits per heavy atom. The van der Waals surface area contributed by atoms with Crippen LogP contribution in [0.25, 0.3) is 0 Å². The molecule has 1 aromatic rings. The number of likely N-dealkylation sites (N-methyl/N-ethyl adjacent to an activating group) is 1. The molecule has 3 heterocycles. The maximum Gasteiger partial charge on any atom is 0.308 e. The Hall–Kier alpha value is -1.13. The van der Waals surface area contributed by atoms with Gasteiger partial charge in [0.1, 0.15) is 5.82 Å². The molecule has 5 aliphatic rings. The number of aromatic nitrogens is 2. The molecule has 9 unspecified atom stereocenters. The van der Waals surface area contributed by atoms with Gasteiger partial charge < -0.3 is 20.1 Å². The summed E-state index contributed by atoms with van der Waals surface area (Å²) in [6.45, 7) is 5.11. The highest BCUT2D eigenvalue weighted by molar-refractivity contribution is 8.00. The summed E-state index contributed by atoms with van der Waals surface area (Å²) in [5.41, 5.74) is 2.02. The molecule has 0 spiro atoms. The lowest BCUT2D eigenvalue weighted by atomic mass is 9.70. The van der Waals surface area contributed by atoms with Gasteiger partial charge in [0, 0.05) is 46.1 Å². The van der Waals surface area contributed by atoms with Gasteiger partial charge in [-0.15, -0.1) is 11.6 Å². The van der Waals surface area contributed by atoms with Crippen molar-refractivity contribution in [1.29, 1.82) is 0 Å². The van der Waals surface area contributed by atoms with Crippen molar-refractivity contribution in [2.45, 2.75) is 132 Å². The predicted octanol–water partition coefficient (Wildman–Crippen LogP) is 4.26. The Bertz CT molecular complexity index is 1190. The molecule has 2 N–H and O–H groups in total. The average Bonchev–Trinajstić information content (AvgIpc) is 3.65. The SMILES string of the molecule is Cc1nc2c(c(=O)n1CCOC1CCC(Cl)CC1C1CC(C)NC3C(C(=O)O)CSC13)CC(N(C)C1CCCC1)CC2. The highest BCUT2D eigenvalue weighted by atomic mass is 35.5. The molecule has 1 aromatic heterocycles. The van der Waals surface area contributed by atoms with Crippen LogP contribution in [0.15, 0.2) is 4.79 Å². The molecule has 42 heavy (non-hydrogen) atoms. The quantitative estimate of drug-likeness (QED) is 0.416. The van der Waals surface area contributed by atoms with Crippen molar-refractivity contribution >= 4 is 29.3 Å². The normalized spacial score (nSPS) is 37.1. The summed E-state index contributed by atoms with van der Waals surface area (Å²) in [5, 5.41) is 13.8. The third-order valence-corrected chi connectivity index (χ3v) is 13.2. The molecule has 0 radical (unpaired) electrons. The Morgan fingerprint density at radius 1 is 1.17 bits per heavy atom. The van der Waals surface area contributed by atoms with Crippen LogP contribution < -0.4 is 10.9 Å². The predicted molar refractivity (Wildman–Crippen MR) is 168 cm³/mol. The van der Waals surface area contributed by atoms with Crippen molar-refractivity contribution in [2.24, 2.45) is 17.8 Å². The number of carboxylic acids is 1. The third kappa shape index (κ3) is 6.19. The first-order chi connectivity index (χ1) is 20.2. The first-order valence-corrected chi connectivity index (χ1v) is 17.9. The van der Waals surface area contributed by atoms with E-state index >= 15 is 0 Å². The molecular weight excluding hydrogens is 572 g/mol. The first kappa shape index (κ1) is 30.9. The van der Waals surface area contributed by atoms with E-state index in [1.807, 2.05) is 23.3 Å². The lowest BCUT2D eigenvalue weighted by Gasteiger charge is -2.47. The summed E-state index contributed by atoms with van der Waals surface area (Å²) in [6.07, 6.45) is 11.8. The number of nitrogens with zero attached hydrogens (tertiary/aromatic N) is 3. The van der Waals surface area contributed by atoms with E-state index < -0.39 is 5.97 Å². The fourth-order valence-electron chi connectivity index (χ4n) is 8.94. The van der Waals surface area contributed by atoms with Crippen LogP contribution in [0.4, 0.5) is 0 Å². The van der Waals surface area contributed by atoms with Crippen molar-refractivity contribution in [3.05, 3.63) is 27.4 Å². The van der Waals surface area contributed by atoms with E-state index in [-0.39, 0.29) is 40.3 Å². The summed E-state index contributed by atoms with van der Waals surface area (Å²) in [4.78, 5) is 33.2. The number of fused-ring (bicyclic) bond motifs is 2. The van der Waals surface area contributed by atoms with Gasteiger partial charge in [0.15, 0.2) is 0 Å². The molecule has 4 fully saturated rings. The number of aryl methyl sites for hydroxylation is 2. The van der Waals surface area contributed by atoms with Crippen LogP contribution in [0, 0.1) is 24.7 Å². The minimum Gasteiger partial charge on any atom is -0.481 e. The van der Waals surface area contributed by atoms with Crippen LogP contribution in [0.1, 0.15) is 81.8 Å². The molecule has 234 valence electrons. The number of hydrogen-bond donors (Lipinski definition) is 2. The Labute approximate surface area is 259 Å². The van der Waals surface area contributed by atoms with Crippen LogP contribution in [-0.2, 0) is 28.9 Å². The van der Waals surface area contributed by atoms with E-state index in [0.717, 1.165) is 62.0 Å². The second-order valence-corrected chi connectivity index (χ2v) is 15.6. The van der Waals surface area contributed by atoms with Gasteiger partial charge in [0.25, 0.3) is 5.56 Å². The Balaban J connectivity index is 1.13. The van der Waals surface area contributed by atoms with Crippen molar-refractivity contribution in [2.75, 3.05) is 19.4 Å². The van der Waals surface area contributed by atoms with Gasteiger partial charge in [-0.3, -0.25) is 14.2 Å².